The number of rotatable bonds is 8. The highest BCUT2D eigenvalue weighted by Gasteiger charge is 2.29. The molecule has 1 unspecified atom stereocenters. The van der Waals surface area contributed by atoms with Crippen LogP contribution in [0.1, 0.15) is 39.5 Å². The lowest BCUT2D eigenvalue weighted by Gasteiger charge is -2.26. The van der Waals surface area contributed by atoms with E-state index in [1.165, 1.54) is 24.3 Å². The number of anilines is 2. The first-order valence-electron chi connectivity index (χ1n) is 12.4. The first-order chi connectivity index (χ1) is 18.6. The molecule has 0 saturated heterocycles. The Morgan fingerprint density at radius 3 is 2.42 bits per heavy atom. The molecule has 0 spiro atoms. The average molecular weight is 511 g/mol. The summed E-state index contributed by atoms with van der Waals surface area (Å²) in [5, 5.41) is 19.4. The molecule has 0 fully saturated rings. The zero-order chi connectivity index (χ0) is 26.3. The minimum absolute atomic E-state index is 0.0928. The maximum Gasteiger partial charge on any atom is 0.259 e. The Morgan fingerprint density at radius 1 is 1.00 bits per heavy atom. The molecule has 1 aliphatic rings. The summed E-state index contributed by atoms with van der Waals surface area (Å²) in [6, 6.07) is 26.7. The third-order valence-corrected chi connectivity index (χ3v) is 6.44. The zero-order valence-electron chi connectivity index (χ0n) is 20.6. The van der Waals surface area contributed by atoms with Gasteiger partial charge in [-0.3, -0.25) is 4.79 Å². The molecule has 7 nitrogen and oxygen atoms in total. The lowest BCUT2D eigenvalue weighted by atomic mass is 9.81. The van der Waals surface area contributed by atoms with E-state index in [2.05, 4.69) is 27.9 Å². The number of carbonyl (C=O) groups is 1. The molecular formula is C30H27FN4O3. The van der Waals surface area contributed by atoms with Crippen molar-refractivity contribution in [2.24, 2.45) is 5.16 Å². The number of pyridine rings is 1. The molecule has 5 rings (SSSR count). The highest BCUT2D eigenvalue weighted by Crippen LogP contribution is 2.34. The Bertz CT molecular complexity index is 1430. The van der Waals surface area contributed by atoms with Crippen LogP contribution >= 0.6 is 0 Å². The second-order valence-corrected chi connectivity index (χ2v) is 8.99. The van der Waals surface area contributed by atoms with Crippen LogP contribution in [0.15, 0.2) is 96.2 Å². The number of para-hydroxylation sites is 1. The molecule has 0 saturated carbocycles. The largest absolute Gasteiger partial charge is 0.492 e. The Kier molecular flexibility index (Phi) is 7.59. The van der Waals surface area contributed by atoms with Crippen molar-refractivity contribution in [2.45, 2.75) is 18.8 Å². The van der Waals surface area contributed by atoms with Crippen molar-refractivity contribution in [1.29, 1.82) is 0 Å². The van der Waals surface area contributed by atoms with Crippen molar-refractivity contribution < 1.29 is 19.1 Å². The van der Waals surface area contributed by atoms with Gasteiger partial charge in [0.05, 0.1) is 23.5 Å². The molecular weight excluding hydrogens is 483 g/mol. The third kappa shape index (κ3) is 5.81. The standard InChI is InChI=1S/C30H27FN4O3/c31-22-11-13-23(14-12-22)33-30(36)26-19-25-27(17-21(18-28(25)35-37)20-7-3-1-4-8-20)34-29(26)32-15-16-38-24-9-5-2-6-10-24/h1-14,19,21,37H,15-18H2,(H,32,34)(H,33,36)/b35-28+. The van der Waals surface area contributed by atoms with Gasteiger partial charge in [0.25, 0.3) is 5.91 Å². The van der Waals surface area contributed by atoms with Crippen LogP contribution in [-0.2, 0) is 6.42 Å². The number of benzene rings is 3. The quantitative estimate of drug-likeness (QED) is 0.156. The maximum atomic E-state index is 13.4. The van der Waals surface area contributed by atoms with Gasteiger partial charge in [0, 0.05) is 17.7 Å². The van der Waals surface area contributed by atoms with Crippen LogP contribution in [0.25, 0.3) is 0 Å². The molecule has 0 bridgehead atoms. The van der Waals surface area contributed by atoms with Crippen LogP contribution in [0, 0.1) is 5.82 Å². The number of nitrogens with one attached hydrogen (secondary N) is 2. The summed E-state index contributed by atoms with van der Waals surface area (Å²) in [5.41, 5.74) is 3.71. The molecule has 0 aliphatic heterocycles. The van der Waals surface area contributed by atoms with Gasteiger partial charge in [0.2, 0.25) is 0 Å². The fourth-order valence-electron chi connectivity index (χ4n) is 4.56. The predicted molar refractivity (Wildman–Crippen MR) is 145 cm³/mol. The molecule has 1 aliphatic carbocycles. The van der Waals surface area contributed by atoms with Crippen LogP contribution in [0.2, 0.25) is 0 Å². The first-order valence-corrected chi connectivity index (χ1v) is 12.4. The predicted octanol–water partition coefficient (Wildman–Crippen LogP) is 5.87. The number of carbonyl (C=O) groups excluding carboxylic acids is 1. The average Bonchev–Trinajstić information content (AvgIpc) is 2.96. The van der Waals surface area contributed by atoms with E-state index in [-0.39, 0.29) is 11.5 Å². The summed E-state index contributed by atoms with van der Waals surface area (Å²) in [5.74, 6) is 0.426. The van der Waals surface area contributed by atoms with Gasteiger partial charge in [0.15, 0.2) is 0 Å². The number of aromatic nitrogens is 1. The smallest absolute Gasteiger partial charge is 0.259 e. The van der Waals surface area contributed by atoms with Gasteiger partial charge in [-0.1, -0.05) is 53.7 Å². The number of hydrogen-bond acceptors (Lipinski definition) is 6. The number of ether oxygens (including phenoxy) is 1. The molecule has 0 radical (unpaired) electrons. The number of nitrogens with zero attached hydrogens (tertiary/aromatic N) is 2. The fourth-order valence-corrected chi connectivity index (χ4v) is 4.56. The third-order valence-electron chi connectivity index (χ3n) is 6.44. The summed E-state index contributed by atoms with van der Waals surface area (Å²) >= 11 is 0. The van der Waals surface area contributed by atoms with Crippen LogP contribution in [0.4, 0.5) is 15.9 Å². The van der Waals surface area contributed by atoms with Crippen LogP contribution in [0.3, 0.4) is 0 Å². The van der Waals surface area contributed by atoms with E-state index in [4.69, 9.17) is 9.72 Å². The van der Waals surface area contributed by atoms with Gasteiger partial charge in [-0.25, -0.2) is 9.37 Å². The van der Waals surface area contributed by atoms with Crippen LogP contribution in [0.5, 0.6) is 5.75 Å². The molecule has 1 aromatic heterocycles. The second kappa shape index (κ2) is 11.6. The number of fused-ring (bicyclic) bond motifs is 1. The van der Waals surface area contributed by atoms with E-state index in [0.717, 1.165) is 17.0 Å². The van der Waals surface area contributed by atoms with Gasteiger partial charge < -0.3 is 20.6 Å². The Morgan fingerprint density at radius 2 is 1.71 bits per heavy atom. The molecule has 3 N–H and O–H groups in total. The highest BCUT2D eigenvalue weighted by molar-refractivity contribution is 6.10. The molecule has 8 heteroatoms. The van der Waals surface area contributed by atoms with Crippen molar-refractivity contribution in [2.75, 3.05) is 23.8 Å². The van der Waals surface area contributed by atoms with Crippen molar-refractivity contribution >= 4 is 23.1 Å². The second-order valence-electron chi connectivity index (χ2n) is 8.99. The first kappa shape index (κ1) is 25.0. The van der Waals surface area contributed by atoms with Crippen molar-refractivity contribution in [3.63, 3.8) is 0 Å². The summed E-state index contributed by atoms with van der Waals surface area (Å²) in [6.07, 6.45) is 1.15. The summed E-state index contributed by atoms with van der Waals surface area (Å²) in [4.78, 5) is 18.2. The normalized spacial score (nSPS) is 15.5. The van der Waals surface area contributed by atoms with E-state index in [1.54, 1.807) is 6.07 Å². The Labute approximate surface area is 220 Å². The van der Waals surface area contributed by atoms with Gasteiger partial charge in [0.1, 0.15) is 24.0 Å². The lowest BCUT2D eigenvalue weighted by Crippen LogP contribution is -2.25. The minimum atomic E-state index is -0.416. The van der Waals surface area contributed by atoms with Crippen LogP contribution < -0.4 is 15.4 Å². The molecule has 1 heterocycles. The van der Waals surface area contributed by atoms with Crippen molar-refractivity contribution in [3.8, 4) is 5.75 Å². The van der Waals surface area contributed by atoms with Gasteiger partial charge in [-0.05, 0) is 60.4 Å². The van der Waals surface area contributed by atoms with E-state index in [0.29, 0.717) is 48.8 Å². The zero-order valence-corrected chi connectivity index (χ0v) is 20.6. The monoisotopic (exact) mass is 510 g/mol. The molecule has 1 atom stereocenters. The Hall–Kier alpha value is -4.72. The van der Waals surface area contributed by atoms with E-state index in [9.17, 15) is 14.4 Å². The number of oxime groups is 1. The lowest BCUT2D eigenvalue weighted by molar-refractivity contribution is 0.102. The van der Waals surface area contributed by atoms with Gasteiger partial charge in [-0.15, -0.1) is 0 Å². The highest BCUT2D eigenvalue weighted by atomic mass is 19.1. The minimum Gasteiger partial charge on any atom is -0.492 e. The molecule has 38 heavy (non-hydrogen) atoms. The molecule has 192 valence electrons. The summed E-state index contributed by atoms with van der Waals surface area (Å²) < 4.78 is 19.1. The topological polar surface area (TPSA) is 95.8 Å². The summed E-state index contributed by atoms with van der Waals surface area (Å²) in [7, 11) is 0. The number of amides is 1. The fraction of sp³-hybridized carbons (Fsp3) is 0.167. The maximum absolute atomic E-state index is 13.4. The molecule has 1 amide bonds. The van der Waals surface area contributed by atoms with Crippen LogP contribution in [-0.4, -0.2) is 35.0 Å². The van der Waals surface area contributed by atoms with Crippen molar-refractivity contribution in [1.82, 2.24) is 4.98 Å². The molecule has 4 aromatic rings. The number of hydrogen-bond donors (Lipinski definition) is 3. The van der Waals surface area contributed by atoms with E-state index in [1.807, 2.05) is 48.5 Å². The molecule has 3 aromatic carbocycles. The van der Waals surface area contributed by atoms with E-state index < -0.39 is 11.7 Å². The van der Waals surface area contributed by atoms with E-state index >= 15 is 0 Å². The van der Waals surface area contributed by atoms with Crippen molar-refractivity contribution in [3.05, 3.63) is 119 Å². The number of halogens is 1. The van der Waals surface area contributed by atoms with Gasteiger partial charge >= 0.3 is 0 Å². The Balaban J connectivity index is 1.43. The SMILES string of the molecule is O=C(Nc1ccc(F)cc1)c1cc2c(nc1NCCOc1ccccc1)CC(c1ccccc1)C/C2=N\O. The van der Waals surface area contributed by atoms with Gasteiger partial charge in [-0.2, -0.15) is 0 Å². The summed E-state index contributed by atoms with van der Waals surface area (Å²) in [6.45, 7) is 0.762.